The van der Waals surface area contributed by atoms with E-state index in [1.807, 2.05) is 11.8 Å². The molecular formula is C18H25N5O4. The minimum Gasteiger partial charge on any atom is -0.493 e. The van der Waals surface area contributed by atoms with Crippen molar-refractivity contribution < 1.29 is 19.0 Å². The Labute approximate surface area is 158 Å². The number of rotatable bonds is 4. The molecule has 2 heterocycles. The molecule has 2 N–H and O–H groups in total. The van der Waals surface area contributed by atoms with Crippen LogP contribution in [0.1, 0.15) is 13.8 Å². The van der Waals surface area contributed by atoms with Crippen LogP contribution in [-0.2, 0) is 4.74 Å². The third-order valence-corrected chi connectivity index (χ3v) is 4.63. The van der Waals surface area contributed by atoms with Crippen molar-refractivity contribution in [3.05, 3.63) is 12.1 Å². The molecule has 1 aliphatic rings. The first-order chi connectivity index (χ1) is 13.0. The first-order valence-electron chi connectivity index (χ1n) is 8.86. The number of methoxy groups -OCH3 is 2. The highest BCUT2D eigenvalue weighted by Gasteiger charge is 2.29. The van der Waals surface area contributed by atoms with Gasteiger partial charge in [-0.2, -0.15) is 4.98 Å². The maximum absolute atomic E-state index is 12.0. The van der Waals surface area contributed by atoms with Crippen LogP contribution in [0.5, 0.6) is 11.5 Å². The highest BCUT2D eigenvalue weighted by atomic mass is 16.6. The fraction of sp³-hybridized carbons (Fsp3) is 0.500. The lowest BCUT2D eigenvalue weighted by Gasteiger charge is -2.39. The summed E-state index contributed by atoms with van der Waals surface area (Å²) in [6.45, 7) is 5.85. The van der Waals surface area contributed by atoms with Crippen molar-refractivity contribution in [3.8, 4) is 11.5 Å². The van der Waals surface area contributed by atoms with Crippen molar-refractivity contribution in [2.75, 3.05) is 51.1 Å². The first kappa shape index (κ1) is 18.8. The maximum Gasteiger partial charge on any atom is 0.409 e. The van der Waals surface area contributed by atoms with E-state index in [0.29, 0.717) is 60.4 Å². The molecule has 0 radical (unpaired) electrons. The Hall–Kier alpha value is -2.97. The SMILES string of the molecule is CCOC(=O)N1CCN(c2nc(N)c3cc(OC)c(OC)cc3n2)C(C)C1. The molecule has 0 aliphatic carbocycles. The number of fused-ring (bicyclic) bond motifs is 1. The van der Waals surface area contributed by atoms with Gasteiger partial charge in [-0.15, -0.1) is 0 Å². The van der Waals surface area contributed by atoms with E-state index in [0.717, 1.165) is 0 Å². The Bertz CT molecular complexity index is 844. The van der Waals surface area contributed by atoms with E-state index >= 15 is 0 Å². The lowest BCUT2D eigenvalue weighted by atomic mass is 10.2. The average Bonchev–Trinajstić information content (AvgIpc) is 2.66. The molecule has 27 heavy (non-hydrogen) atoms. The molecule has 1 aromatic heterocycles. The Morgan fingerprint density at radius 1 is 1.22 bits per heavy atom. The average molecular weight is 375 g/mol. The summed E-state index contributed by atoms with van der Waals surface area (Å²) in [6, 6.07) is 3.59. The van der Waals surface area contributed by atoms with Gasteiger partial charge < -0.3 is 29.7 Å². The summed E-state index contributed by atoms with van der Waals surface area (Å²) in [5.41, 5.74) is 6.86. The van der Waals surface area contributed by atoms with Crippen molar-refractivity contribution in [1.29, 1.82) is 0 Å². The van der Waals surface area contributed by atoms with Crippen LogP contribution in [0, 0.1) is 0 Å². The molecule has 0 bridgehead atoms. The van der Waals surface area contributed by atoms with Gasteiger partial charge in [-0.25, -0.2) is 9.78 Å². The molecule has 0 saturated carbocycles. The second kappa shape index (κ2) is 7.73. The fourth-order valence-corrected chi connectivity index (χ4v) is 3.23. The van der Waals surface area contributed by atoms with Gasteiger partial charge in [0.05, 0.1) is 26.3 Å². The van der Waals surface area contributed by atoms with Gasteiger partial charge in [0.1, 0.15) is 5.82 Å². The smallest absolute Gasteiger partial charge is 0.409 e. The molecule has 1 fully saturated rings. The topological polar surface area (TPSA) is 103 Å². The van der Waals surface area contributed by atoms with Crippen LogP contribution in [0.25, 0.3) is 10.9 Å². The monoisotopic (exact) mass is 375 g/mol. The van der Waals surface area contributed by atoms with Crippen LogP contribution < -0.4 is 20.1 Å². The van der Waals surface area contributed by atoms with Crippen molar-refractivity contribution in [2.45, 2.75) is 19.9 Å². The summed E-state index contributed by atoms with van der Waals surface area (Å²) >= 11 is 0. The summed E-state index contributed by atoms with van der Waals surface area (Å²) in [5, 5.41) is 0.703. The van der Waals surface area contributed by atoms with E-state index in [1.165, 1.54) is 0 Å². The zero-order valence-corrected chi connectivity index (χ0v) is 16.1. The number of ether oxygens (including phenoxy) is 3. The molecule has 1 atom stereocenters. The number of carbonyl (C=O) groups excluding carboxylic acids is 1. The summed E-state index contributed by atoms with van der Waals surface area (Å²) in [7, 11) is 3.14. The van der Waals surface area contributed by atoms with Crippen LogP contribution in [0.2, 0.25) is 0 Å². The number of hydrogen-bond donors (Lipinski definition) is 1. The molecule has 1 aromatic carbocycles. The first-order valence-corrected chi connectivity index (χ1v) is 8.86. The van der Waals surface area contributed by atoms with Gasteiger partial charge in [0.25, 0.3) is 0 Å². The van der Waals surface area contributed by atoms with Gasteiger partial charge in [0.15, 0.2) is 11.5 Å². The van der Waals surface area contributed by atoms with E-state index in [4.69, 9.17) is 19.9 Å². The Morgan fingerprint density at radius 2 is 1.93 bits per heavy atom. The number of benzene rings is 1. The van der Waals surface area contributed by atoms with E-state index in [9.17, 15) is 4.79 Å². The van der Waals surface area contributed by atoms with E-state index < -0.39 is 0 Å². The van der Waals surface area contributed by atoms with E-state index in [2.05, 4.69) is 9.97 Å². The number of aromatic nitrogens is 2. The summed E-state index contributed by atoms with van der Waals surface area (Å²) in [6.07, 6.45) is -0.292. The van der Waals surface area contributed by atoms with Gasteiger partial charge in [0.2, 0.25) is 5.95 Å². The van der Waals surface area contributed by atoms with Crippen molar-refractivity contribution in [3.63, 3.8) is 0 Å². The molecule has 9 heteroatoms. The Morgan fingerprint density at radius 3 is 2.56 bits per heavy atom. The third kappa shape index (κ3) is 3.62. The highest BCUT2D eigenvalue weighted by molar-refractivity contribution is 5.91. The summed E-state index contributed by atoms with van der Waals surface area (Å²) in [4.78, 5) is 24.8. The fourth-order valence-electron chi connectivity index (χ4n) is 3.23. The van der Waals surface area contributed by atoms with Crippen LogP contribution >= 0.6 is 0 Å². The van der Waals surface area contributed by atoms with Crippen LogP contribution in [0.3, 0.4) is 0 Å². The quantitative estimate of drug-likeness (QED) is 0.864. The Balaban J connectivity index is 1.90. The molecule has 1 saturated heterocycles. The molecule has 1 aliphatic heterocycles. The summed E-state index contributed by atoms with van der Waals surface area (Å²) < 4.78 is 15.8. The maximum atomic E-state index is 12.0. The number of nitrogens with zero attached hydrogens (tertiary/aromatic N) is 4. The molecule has 1 unspecified atom stereocenters. The van der Waals surface area contributed by atoms with Crippen molar-refractivity contribution in [2.24, 2.45) is 0 Å². The number of carbonyl (C=O) groups is 1. The van der Waals surface area contributed by atoms with E-state index in [-0.39, 0.29) is 12.1 Å². The number of hydrogen-bond acceptors (Lipinski definition) is 8. The van der Waals surface area contributed by atoms with Crippen molar-refractivity contribution in [1.82, 2.24) is 14.9 Å². The molecule has 2 aromatic rings. The van der Waals surface area contributed by atoms with Gasteiger partial charge >= 0.3 is 6.09 Å². The second-order valence-electron chi connectivity index (χ2n) is 6.32. The number of nitrogen functional groups attached to an aromatic ring is 1. The van der Waals surface area contributed by atoms with Gasteiger partial charge in [-0.05, 0) is 19.9 Å². The molecule has 0 spiro atoms. The normalized spacial score (nSPS) is 17.1. The number of nitrogens with two attached hydrogens (primary N) is 1. The van der Waals surface area contributed by atoms with Gasteiger partial charge in [0, 0.05) is 37.1 Å². The van der Waals surface area contributed by atoms with Gasteiger partial charge in [-0.3, -0.25) is 0 Å². The predicted molar refractivity (Wildman–Crippen MR) is 102 cm³/mol. The molecular weight excluding hydrogens is 350 g/mol. The summed E-state index contributed by atoms with van der Waals surface area (Å²) in [5.74, 6) is 2.05. The number of piperazine rings is 1. The number of amides is 1. The van der Waals surface area contributed by atoms with E-state index in [1.54, 1.807) is 38.2 Å². The Kier molecular flexibility index (Phi) is 5.38. The largest absolute Gasteiger partial charge is 0.493 e. The minimum atomic E-state index is -0.292. The minimum absolute atomic E-state index is 0.0279. The predicted octanol–water partition coefficient (Wildman–Crippen LogP) is 1.90. The third-order valence-electron chi connectivity index (χ3n) is 4.63. The zero-order chi connectivity index (χ0) is 19.6. The lowest BCUT2D eigenvalue weighted by Crippen LogP contribution is -2.54. The standard InChI is InChI=1S/C18H25N5O4/c1-5-27-18(24)22-6-7-23(11(2)10-22)17-20-13-9-15(26-4)14(25-3)8-12(13)16(19)21-17/h8-9,11H,5-7,10H2,1-4H3,(H2,19,20,21). The molecule has 3 rings (SSSR count). The number of anilines is 2. The lowest BCUT2D eigenvalue weighted by molar-refractivity contribution is 0.0999. The van der Waals surface area contributed by atoms with Gasteiger partial charge in [-0.1, -0.05) is 0 Å². The van der Waals surface area contributed by atoms with Crippen LogP contribution in [0.15, 0.2) is 12.1 Å². The van der Waals surface area contributed by atoms with Crippen molar-refractivity contribution >= 4 is 28.8 Å². The van der Waals surface area contributed by atoms with Crippen LogP contribution in [-0.4, -0.2) is 67.5 Å². The molecule has 146 valence electrons. The highest BCUT2D eigenvalue weighted by Crippen LogP contribution is 2.34. The zero-order valence-electron chi connectivity index (χ0n) is 16.1. The molecule has 9 nitrogen and oxygen atoms in total. The molecule has 1 amide bonds. The second-order valence-corrected chi connectivity index (χ2v) is 6.32. The van der Waals surface area contributed by atoms with Crippen LogP contribution in [0.4, 0.5) is 16.6 Å².